The summed E-state index contributed by atoms with van der Waals surface area (Å²) in [7, 11) is -3.53. The minimum Gasteiger partial charge on any atom is -0.307 e. The van der Waals surface area contributed by atoms with Gasteiger partial charge in [-0.25, -0.2) is 18.1 Å². The van der Waals surface area contributed by atoms with Crippen LogP contribution >= 0.6 is 11.6 Å². The second-order valence-electron chi connectivity index (χ2n) is 5.26. The number of aryl methyl sites for hydroxylation is 1. The van der Waals surface area contributed by atoms with Gasteiger partial charge in [0.2, 0.25) is 10.0 Å². The maximum absolute atomic E-state index is 12.2. The Labute approximate surface area is 140 Å². The van der Waals surface area contributed by atoms with Gasteiger partial charge in [0, 0.05) is 30.4 Å². The van der Waals surface area contributed by atoms with E-state index in [1.807, 2.05) is 35.9 Å². The van der Waals surface area contributed by atoms with Crippen LogP contribution in [0.2, 0.25) is 5.02 Å². The molecule has 0 atom stereocenters. The van der Waals surface area contributed by atoms with Crippen LogP contribution in [-0.2, 0) is 16.4 Å². The zero-order valence-electron chi connectivity index (χ0n) is 12.5. The minimum atomic E-state index is -3.53. The van der Waals surface area contributed by atoms with Crippen LogP contribution in [0.15, 0.2) is 53.7 Å². The van der Waals surface area contributed by atoms with Gasteiger partial charge in [-0.2, -0.15) is 0 Å². The Balaban J connectivity index is 1.68. The van der Waals surface area contributed by atoms with E-state index < -0.39 is 10.0 Å². The van der Waals surface area contributed by atoms with E-state index >= 15 is 0 Å². The summed E-state index contributed by atoms with van der Waals surface area (Å²) in [4.78, 5) is 4.73. The number of hydrogen-bond acceptors (Lipinski definition) is 3. The average Bonchev–Trinajstić information content (AvgIpc) is 2.92. The highest BCUT2D eigenvalue weighted by molar-refractivity contribution is 7.89. The van der Waals surface area contributed by atoms with Gasteiger partial charge >= 0.3 is 0 Å². The highest BCUT2D eigenvalue weighted by Crippen LogP contribution is 2.14. The highest BCUT2D eigenvalue weighted by Gasteiger charge is 2.13. The molecule has 0 aliphatic rings. The lowest BCUT2D eigenvalue weighted by atomic mass is 10.3. The molecule has 0 radical (unpaired) electrons. The van der Waals surface area contributed by atoms with Gasteiger partial charge in [-0.05, 0) is 42.8 Å². The standard InChI is InChI=1S/C16H16ClN3O2S/c1-12-3-2-10-20-11-14(19-16(12)20)8-9-18-23(21,22)15-6-4-13(17)5-7-15/h2-7,10-11,18H,8-9H2,1H3. The zero-order valence-corrected chi connectivity index (χ0v) is 14.1. The van der Waals surface area contributed by atoms with Crippen molar-refractivity contribution in [3.8, 4) is 0 Å². The Morgan fingerprint density at radius 1 is 1.22 bits per heavy atom. The molecule has 0 aliphatic heterocycles. The Morgan fingerprint density at radius 3 is 2.65 bits per heavy atom. The van der Waals surface area contributed by atoms with Gasteiger partial charge in [-0.15, -0.1) is 0 Å². The van der Waals surface area contributed by atoms with Crippen LogP contribution in [0.3, 0.4) is 0 Å². The van der Waals surface area contributed by atoms with E-state index in [2.05, 4.69) is 9.71 Å². The molecule has 3 rings (SSSR count). The van der Waals surface area contributed by atoms with Crippen LogP contribution in [0.5, 0.6) is 0 Å². The first-order valence-corrected chi connectivity index (χ1v) is 9.00. The number of fused-ring (bicyclic) bond motifs is 1. The van der Waals surface area contributed by atoms with Crippen LogP contribution in [-0.4, -0.2) is 24.3 Å². The number of imidazole rings is 1. The monoisotopic (exact) mass is 349 g/mol. The van der Waals surface area contributed by atoms with E-state index in [1.165, 1.54) is 12.1 Å². The number of rotatable bonds is 5. The van der Waals surface area contributed by atoms with Crippen LogP contribution in [0, 0.1) is 6.92 Å². The summed E-state index contributed by atoms with van der Waals surface area (Å²) in [5.41, 5.74) is 2.82. The van der Waals surface area contributed by atoms with Crippen molar-refractivity contribution >= 4 is 27.3 Å². The molecule has 2 aromatic heterocycles. The molecule has 120 valence electrons. The number of nitrogens with one attached hydrogen (secondary N) is 1. The number of nitrogens with zero attached hydrogens (tertiary/aromatic N) is 2. The summed E-state index contributed by atoms with van der Waals surface area (Å²) in [6.45, 7) is 2.28. The molecule has 7 heteroatoms. The first-order valence-electron chi connectivity index (χ1n) is 7.14. The largest absolute Gasteiger partial charge is 0.307 e. The molecule has 1 aromatic carbocycles. The molecule has 23 heavy (non-hydrogen) atoms. The number of hydrogen-bond donors (Lipinski definition) is 1. The molecule has 0 unspecified atom stereocenters. The molecule has 1 N–H and O–H groups in total. The topological polar surface area (TPSA) is 63.5 Å². The lowest BCUT2D eigenvalue weighted by molar-refractivity contribution is 0.581. The third kappa shape index (κ3) is 3.55. The Hall–Kier alpha value is -1.89. The smallest absolute Gasteiger partial charge is 0.240 e. The fourth-order valence-electron chi connectivity index (χ4n) is 2.34. The summed E-state index contributed by atoms with van der Waals surface area (Å²) in [5, 5.41) is 0.504. The Bertz CT molecular complexity index is 934. The molecule has 0 spiro atoms. The van der Waals surface area contributed by atoms with Crippen LogP contribution in [0.25, 0.3) is 5.65 Å². The van der Waals surface area contributed by atoms with Crippen molar-refractivity contribution in [3.63, 3.8) is 0 Å². The molecule has 5 nitrogen and oxygen atoms in total. The zero-order chi connectivity index (χ0) is 16.4. The molecule has 0 bridgehead atoms. The first kappa shape index (κ1) is 16.0. The van der Waals surface area contributed by atoms with Crippen LogP contribution in [0.1, 0.15) is 11.3 Å². The van der Waals surface area contributed by atoms with E-state index in [9.17, 15) is 8.42 Å². The van der Waals surface area contributed by atoms with E-state index in [-0.39, 0.29) is 11.4 Å². The molecular formula is C16H16ClN3O2S. The van der Waals surface area contributed by atoms with Gasteiger partial charge in [0.25, 0.3) is 0 Å². The second kappa shape index (κ2) is 6.31. The number of halogens is 1. The predicted molar refractivity (Wildman–Crippen MR) is 90.3 cm³/mol. The van der Waals surface area contributed by atoms with Gasteiger partial charge in [0.1, 0.15) is 5.65 Å². The van der Waals surface area contributed by atoms with Gasteiger partial charge in [-0.3, -0.25) is 0 Å². The van der Waals surface area contributed by atoms with Gasteiger partial charge in [-0.1, -0.05) is 17.7 Å². The fourth-order valence-corrected chi connectivity index (χ4v) is 3.49. The molecule has 0 fully saturated rings. The van der Waals surface area contributed by atoms with E-state index in [4.69, 9.17) is 11.6 Å². The number of sulfonamides is 1. The van der Waals surface area contributed by atoms with Crippen molar-refractivity contribution in [1.82, 2.24) is 14.1 Å². The molecule has 0 saturated carbocycles. The number of benzene rings is 1. The lowest BCUT2D eigenvalue weighted by Crippen LogP contribution is -2.26. The number of pyridine rings is 1. The minimum absolute atomic E-state index is 0.202. The lowest BCUT2D eigenvalue weighted by Gasteiger charge is -2.05. The summed E-state index contributed by atoms with van der Waals surface area (Å²) in [5.74, 6) is 0. The number of aromatic nitrogens is 2. The maximum atomic E-state index is 12.2. The quantitative estimate of drug-likeness (QED) is 0.770. The summed E-state index contributed by atoms with van der Waals surface area (Å²) < 4.78 is 28.9. The predicted octanol–water partition coefficient (Wildman–Crippen LogP) is 2.82. The molecule has 0 amide bonds. The highest BCUT2D eigenvalue weighted by atomic mass is 35.5. The molecule has 0 aliphatic carbocycles. The Morgan fingerprint density at radius 2 is 1.96 bits per heavy atom. The van der Waals surface area contributed by atoms with Crippen molar-refractivity contribution in [2.45, 2.75) is 18.2 Å². The Kier molecular flexibility index (Phi) is 4.39. The van der Waals surface area contributed by atoms with Crippen molar-refractivity contribution in [2.75, 3.05) is 6.54 Å². The van der Waals surface area contributed by atoms with Crippen molar-refractivity contribution in [2.24, 2.45) is 0 Å². The molecule has 3 aromatic rings. The average molecular weight is 350 g/mol. The van der Waals surface area contributed by atoms with E-state index in [0.717, 1.165) is 16.9 Å². The molecule has 2 heterocycles. The van der Waals surface area contributed by atoms with Gasteiger partial charge in [0.05, 0.1) is 10.6 Å². The van der Waals surface area contributed by atoms with Crippen molar-refractivity contribution in [3.05, 3.63) is 65.1 Å². The van der Waals surface area contributed by atoms with Gasteiger partial charge < -0.3 is 4.40 Å². The van der Waals surface area contributed by atoms with Crippen LogP contribution < -0.4 is 4.72 Å². The first-order chi connectivity index (χ1) is 11.0. The third-order valence-electron chi connectivity index (χ3n) is 3.52. The maximum Gasteiger partial charge on any atom is 0.240 e. The fraction of sp³-hybridized carbons (Fsp3) is 0.188. The summed E-state index contributed by atoms with van der Waals surface area (Å²) in [6, 6.07) is 10.0. The van der Waals surface area contributed by atoms with E-state index in [1.54, 1.807) is 12.1 Å². The molecular weight excluding hydrogens is 334 g/mol. The second-order valence-corrected chi connectivity index (χ2v) is 7.46. The van der Waals surface area contributed by atoms with Crippen LogP contribution in [0.4, 0.5) is 0 Å². The van der Waals surface area contributed by atoms with Crippen molar-refractivity contribution < 1.29 is 8.42 Å². The molecule has 0 saturated heterocycles. The summed E-state index contributed by atoms with van der Waals surface area (Å²) in [6.07, 6.45) is 4.36. The normalized spacial score (nSPS) is 11.9. The third-order valence-corrected chi connectivity index (χ3v) is 5.25. The summed E-state index contributed by atoms with van der Waals surface area (Å²) >= 11 is 5.77. The van der Waals surface area contributed by atoms with Crippen molar-refractivity contribution in [1.29, 1.82) is 0 Å². The SMILES string of the molecule is Cc1cccn2cc(CCNS(=O)(=O)c3ccc(Cl)cc3)nc12. The van der Waals surface area contributed by atoms with E-state index in [0.29, 0.717) is 11.4 Å². The van der Waals surface area contributed by atoms with Gasteiger partial charge in [0.15, 0.2) is 0 Å².